The fourth-order valence-corrected chi connectivity index (χ4v) is 2.32. The zero-order chi connectivity index (χ0) is 13.5. The third kappa shape index (κ3) is 4.65. The van der Waals surface area contributed by atoms with Gasteiger partial charge in [0.05, 0.1) is 10.7 Å². The van der Waals surface area contributed by atoms with Crippen LogP contribution in [0.1, 0.15) is 19.0 Å². The van der Waals surface area contributed by atoms with Gasteiger partial charge in [0.2, 0.25) is 0 Å². The molecule has 0 aromatic carbocycles. The fraction of sp³-hybridized carbons (Fsp3) is 0.583. The van der Waals surface area contributed by atoms with Crippen LogP contribution in [-0.2, 0) is 6.54 Å². The van der Waals surface area contributed by atoms with E-state index in [1.54, 1.807) is 6.07 Å². The summed E-state index contributed by atoms with van der Waals surface area (Å²) in [6.07, 6.45) is 3.28. The molecule has 0 amide bonds. The van der Waals surface area contributed by atoms with Crippen LogP contribution in [0, 0.1) is 0 Å². The first-order chi connectivity index (χ1) is 8.58. The molecule has 3 N–H and O–H groups in total. The molecule has 0 bridgehead atoms. The Bertz CT molecular complexity index is 375. The van der Waals surface area contributed by atoms with E-state index in [-0.39, 0.29) is 0 Å². The van der Waals surface area contributed by atoms with Crippen molar-refractivity contribution in [1.29, 1.82) is 0 Å². The summed E-state index contributed by atoms with van der Waals surface area (Å²) in [5.74, 6) is 7.16. The Morgan fingerprint density at radius 2 is 2.28 bits per heavy atom. The molecule has 0 aliphatic rings. The highest BCUT2D eigenvalue weighted by Gasteiger charge is 2.12. The van der Waals surface area contributed by atoms with Crippen molar-refractivity contribution in [2.75, 3.05) is 24.5 Å². The van der Waals surface area contributed by atoms with Crippen LogP contribution in [0.25, 0.3) is 0 Å². The van der Waals surface area contributed by atoms with Gasteiger partial charge in [-0.15, -0.1) is 0 Å². The first kappa shape index (κ1) is 15.6. The molecule has 1 aromatic heterocycles. The molecule has 4 nitrogen and oxygen atoms in total. The van der Waals surface area contributed by atoms with Gasteiger partial charge in [-0.1, -0.05) is 11.6 Å². The monoisotopic (exact) mass is 288 g/mol. The predicted octanol–water partition coefficient (Wildman–Crippen LogP) is 2.59. The molecule has 1 atom stereocenters. The summed E-state index contributed by atoms with van der Waals surface area (Å²) in [6, 6.07) is 4.09. The quantitative estimate of drug-likeness (QED) is 0.597. The number of nitrogens with zero attached hydrogens (tertiary/aromatic N) is 2. The van der Waals surface area contributed by atoms with Crippen molar-refractivity contribution < 1.29 is 0 Å². The molecule has 0 saturated carbocycles. The van der Waals surface area contributed by atoms with Crippen molar-refractivity contribution in [3.63, 3.8) is 0 Å². The summed E-state index contributed by atoms with van der Waals surface area (Å²) >= 11 is 8.01. The maximum absolute atomic E-state index is 6.14. The normalized spacial score (nSPS) is 12.8. The first-order valence-corrected chi connectivity index (χ1v) is 7.67. The van der Waals surface area contributed by atoms with Gasteiger partial charge in [-0.3, -0.25) is 4.90 Å². The summed E-state index contributed by atoms with van der Waals surface area (Å²) in [5, 5.41) is 0.679. The molecule has 1 unspecified atom stereocenters. The molecule has 1 heterocycles. The zero-order valence-electron chi connectivity index (χ0n) is 11.1. The summed E-state index contributed by atoms with van der Waals surface area (Å²) in [7, 11) is 2.09. The van der Waals surface area contributed by atoms with Crippen LogP contribution in [0.4, 0.5) is 5.82 Å². The Balaban J connectivity index is 2.65. The lowest BCUT2D eigenvalue weighted by Gasteiger charge is -2.24. The van der Waals surface area contributed by atoms with E-state index >= 15 is 0 Å². The minimum Gasteiger partial charge on any atom is -0.308 e. The number of nitrogen functional groups attached to an aromatic ring is 1. The Morgan fingerprint density at radius 3 is 2.89 bits per heavy atom. The number of halogens is 1. The highest BCUT2D eigenvalue weighted by molar-refractivity contribution is 7.98. The second kappa shape index (κ2) is 7.84. The van der Waals surface area contributed by atoms with Gasteiger partial charge in [0.25, 0.3) is 0 Å². The fourth-order valence-electron chi connectivity index (χ4n) is 1.58. The number of anilines is 1. The largest absolute Gasteiger partial charge is 0.308 e. The van der Waals surface area contributed by atoms with Gasteiger partial charge >= 0.3 is 0 Å². The highest BCUT2D eigenvalue weighted by atomic mass is 35.5. The molecule has 0 radical (unpaired) electrons. The van der Waals surface area contributed by atoms with Crippen LogP contribution in [-0.4, -0.2) is 35.0 Å². The number of rotatable bonds is 7. The minimum atomic E-state index is 0.504. The molecule has 0 aliphatic heterocycles. The van der Waals surface area contributed by atoms with Crippen molar-refractivity contribution in [2.24, 2.45) is 5.84 Å². The second-order valence-corrected chi connectivity index (χ2v) is 5.71. The third-order valence-corrected chi connectivity index (χ3v) is 3.95. The summed E-state index contributed by atoms with van der Waals surface area (Å²) in [5.41, 5.74) is 3.39. The molecule has 1 rings (SSSR count). The lowest BCUT2D eigenvalue weighted by molar-refractivity contribution is 0.242. The number of pyridine rings is 1. The van der Waals surface area contributed by atoms with Crippen LogP contribution in [0.15, 0.2) is 12.1 Å². The van der Waals surface area contributed by atoms with Gasteiger partial charge in [0, 0.05) is 12.6 Å². The standard InChI is InChI=1S/C12H21ClN4S/c1-9(6-7-18-3)17(2)8-11-10(13)4-5-12(15-11)16-14/h4-5,9H,6-8,14H2,1-3H3,(H,15,16). The minimum absolute atomic E-state index is 0.504. The Hall–Kier alpha value is -0.490. The number of thioether (sulfide) groups is 1. The summed E-state index contributed by atoms with van der Waals surface area (Å²) in [4.78, 5) is 6.63. The Labute approximate surface area is 118 Å². The molecule has 102 valence electrons. The molecule has 0 fully saturated rings. The average molecular weight is 289 g/mol. The molecule has 18 heavy (non-hydrogen) atoms. The van der Waals surface area contributed by atoms with Crippen molar-refractivity contribution in [3.8, 4) is 0 Å². The lowest BCUT2D eigenvalue weighted by atomic mass is 10.2. The smallest absolute Gasteiger partial charge is 0.140 e. The maximum Gasteiger partial charge on any atom is 0.140 e. The van der Waals surface area contributed by atoms with Crippen LogP contribution < -0.4 is 11.3 Å². The number of aromatic nitrogens is 1. The van der Waals surface area contributed by atoms with E-state index in [2.05, 4.69) is 35.5 Å². The Morgan fingerprint density at radius 1 is 1.56 bits per heavy atom. The van der Waals surface area contributed by atoms with Gasteiger partial charge in [-0.05, 0) is 44.5 Å². The Kier molecular flexibility index (Phi) is 6.78. The second-order valence-electron chi connectivity index (χ2n) is 4.31. The topological polar surface area (TPSA) is 54.2 Å². The van der Waals surface area contributed by atoms with Gasteiger partial charge in [0.1, 0.15) is 5.82 Å². The predicted molar refractivity (Wildman–Crippen MR) is 81.0 cm³/mol. The van der Waals surface area contributed by atoms with E-state index in [1.807, 2.05) is 17.8 Å². The van der Waals surface area contributed by atoms with E-state index in [1.165, 1.54) is 0 Å². The van der Waals surface area contributed by atoms with Crippen LogP contribution in [0.5, 0.6) is 0 Å². The van der Waals surface area contributed by atoms with E-state index in [0.29, 0.717) is 16.9 Å². The molecule has 6 heteroatoms. The number of hydrazine groups is 1. The number of nitrogens with one attached hydrogen (secondary N) is 1. The lowest BCUT2D eigenvalue weighted by Crippen LogP contribution is -2.29. The van der Waals surface area contributed by atoms with Gasteiger partial charge < -0.3 is 5.43 Å². The van der Waals surface area contributed by atoms with Crippen molar-refractivity contribution >= 4 is 29.2 Å². The van der Waals surface area contributed by atoms with E-state index in [9.17, 15) is 0 Å². The maximum atomic E-state index is 6.14. The molecule has 1 aromatic rings. The van der Waals surface area contributed by atoms with Gasteiger partial charge in [0.15, 0.2) is 0 Å². The molecule has 0 saturated heterocycles. The molecular formula is C12H21ClN4S. The van der Waals surface area contributed by atoms with Crippen molar-refractivity contribution in [3.05, 3.63) is 22.8 Å². The summed E-state index contributed by atoms with van der Waals surface area (Å²) in [6.45, 7) is 2.94. The zero-order valence-corrected chi connectivity index (χ0v) is 12.7. The number of hydrogen-bond donors (Lipinski definition) is 2. The van der Waals surface area contributed by atoms with E-state index in [4.69, 9.17) is 17.4 Å². The van der Waals surface area contributed by atoms with Crippen molar-refractivity contribution in [1.82, 2.24) is 9.88 Å². The molecule has 0 aliphatic carbocycles. The van der Waals surface area contributed by atoms with Gasteiger partial charge in [-0.25, -0.2) is 10.8 Å². The van der Waals surface area contributed by atoms with E-state index < -0.39 is 0 Å². The van der Waals surface area contributed by atoms with Crippen LogP contribution in [0.2, 0.25) is 5.02 Å². The first-order valence-electron chi connectivity index (χ1n) is 5.89. The van der Waals surface area contributed by atoms with E-state index in [0.717, 1.165) is 24.4 Å². The van der Waals surface area contributed by atoms with Crippen molar-refractivity contribution in [2.45, 2.75) is 25.9 Å². The summed E-state index contributed by atoms with van der Waals surface area (Å²) < 4.78 is 0. The SMILES string of the molecule is CSCCC(C)N(C)Cc1nc(NN)ccc1Cl. The van der Waals surface area contributed by atoms with Crippen LogP contribution >= 0.6 is 23.4 Å². The number of nitrogens with two attached hydrogens (primary N) is 1. The molecular weight excluding hydrogens is 268 g/mol. The molecule has 0 spiro atoms. The average Bonchev–Trinajstić information content (AvgIpc) is 2.38. The van der Waals surface area contributed by atoms with Gasteiger partial charge in [-0.2, -0.15) is 11.8 Å². The third-order valence-electron chi connectivity index (χ3n) is 2.96. The highest BCUT2D eigenvalue weighted by Crippen LogP contribution is 2.19. The number of hydrogen-bond acceptors (Lipinski definition) is 5. The van der Waals surface area contributed by atoms with Crippen LogP contribution in [0.3, 0.4) is 0 Å².